The van der Waals surface area contributed by atoms with Gasteiger partial charge in [0.25, 0.3) is 0 Å². The van der Waals surface area contributed by atoms with Crippen LogP contribution < -0.4 is 0 Å². The maximum Gasteiger partial charge on any atom is 0.0914 e. The molecule has 0 bridgehead atoms. The number of aliphatic hydroxyl groups excluding tert-OH is 1. The van der Waals surface area contributed by atoms with Crippen LogP contribution in [0.1, 0.15) is 47.0 Å². The highest BCUT2D eigenvalue weighted by atomic mass is 16.3. The average molecular weight is 266 g/mol. The zero-order valence-electron chi connectivity index (χ0n) is 12.9. The third-order valence-electron chi connectivity index (χ3n) is 5.02. The Labute approximate surface area is 118 Å². The van der Waals surface area contributed by atoms with E-state index in [1.54, 1.807) is 6.92 Å². The normalized spacial score (nSPS) is 32.1. The number of rotatable bonds is 6. The summed E-state index contributed by atoms with van der Waals surface area (Å²) in [5, 5.41) is 21.2. The van der Waals surface area contributed by atoms with Crippen molar-refractivity contribution in [3.8, 4) is 0 Å². The van der Waals surface area contributed by atoms with Crippen molar-refractivity contribution in [3.63, 3.8) is 0 Å². The van der Waals surface area contributed by atoms with Gasteiger partial charge in [0.05, 0.1) is 11.7 Å². The Bertz CT molecular complexity index is 330. The third kappa shape index (κ3) is 3.49. The zero-order valence-corrected chi connectivity index (χ0v) is 12.9. The Kier molecular flexibility index (Phi) is 5.40. The van der Waals surface area contributed by atoms with Gasteiger partial charge in [0.15, 0.2) is 0 Å². The topological polar surface area (TPSA) is 40.5 Å². The molecule has 1 saturated carbocycles. The minimum absolute atomic E-state index is 0.0926. The molecule has 1 aliphatic rings. The molecule has 0 spiro atoms. The number of allylic oxidation sites excluding steroid dienone is 1. The Hall–Kier alpha value is -0.600. The summed E-state index contributed by atoms with van der Waals surface area (Å²) >= 11 is 0. The van der Waals surface area contributed by atoms with Crippen molar-refractivity contribution in [3.05, 3.63) is 24.8 Å². The molecule has 2 N–H and O–H groups in total. The summed E-state index contributed by atoms with van der Waals surface area (Å²) in [7, 11) is 0. The fraction of sp³-hybridized carbons (Fsp3) is 0.765. The summed E-state index contributed by atoms with van der Waals surface area (Å²) < 4.78 is 0. The second-order valence-corrected chi connectivity index (χ2v) is 6.73. The van der Waals surface area contributed by atoms with Gasteiger partial charge in [-0.25, -0.2) is 0 Å². The first-order valence-electron chi connectivity index (χ1n) is 7.42. The molecule has 1 fully saturated rings. The molecule has 1 aliphatic carbocycles. The van der Waals surface area contributed by atoms with E-state index in [2.05, 4.69) is 33.9 Å². The van der Waals surface area contributed by atoms with Gasteiger partial charge in [0.1, 0.15) is 0 Å². The second-order valence-electron chi connectivity index (χ2n) is 6.73. The molecule has 0 aromatic heterocycles. The van der Waals surface area contributed by atoms with E-state index in [0.717, 1.165) is 18.4 Å². The Morgan fingerprint density at radius 2 is 2.00 bits per heavy atom. The maximum absolute atomic E-state index is 10.8. The third-order valence-corrected chi connectivity index (χ3v) is 5.02. The van der Waals surface area contributed by atoms with Crippen LogP contribution in [0.3, 0.4) is 0 Å². The van der Waals surface area contributed by atoms with Gasteiger partial charge in [0.2, 0.25) is 0 Å². The van der Waals surface area contributed by atoms with Gasteiger partial charge < -0.3 is 10.2 Å². The van der Waals surface area contributed by atoms with E-state index in [1.165, 1.54) is 0 Å². The van der Waals surface area contributed by atoms with Crippen LogP contribution in [-0.2, 0) is 0 Å². The van der Waals surface area contributed by atoms with E-state index in [4.69, 9.17) is 0 Å². The summed E-state index contributed by atoms with van der Waals surface area (Å²) in [4.78, 5) is 0. The van der Waals surface area contributed by atoms with Crippen molar-refractivity contribution in [2.24, 2.45) is 23.7 Å². The molecule has 0 heterocycles. The quantitative estimate of drug-likeness (QED) is 0.722. The van der Waals surface area contributed by atoms with Crippen molar-refractivity contribution in [2.75, 3.05) is 0 Å². The van der Waals surface area contributed by atoms with E-state index < -0.39 is 11.7 Å². The SMILES string of the molecule is C=C[C@@H]1[C@H](C)CC[C@H]1[C@](C)(O)[C@H](O)CC(=C)C(C)C. The first-order valence-corrected chi connectivity index (χ1v) is 7.42. The van der Waals surface area contributed by atoms with E-state index in [9.17, 15) is 10.2 Å². The second kappa shape index (κ2) is 6.23. The Morgan fingerprint density at radius 3 is 2.47 bits per heavy atom. The fourth-order valence-corrected chi connectivity index (χ4v) is 3.24. The van der Waals surface area contributed by atoms with Crippen molar-refractivity contribution in [2.45, 2.75) is 58.7 Å². The summed E-state index contributed by atoms with van der Waals surface area (Å²) in [5.74, 6) is 1.25. The maximum atomic E-state index is 10.8. The lowest BCUT2D eigenvalue weighted by Gasteiger charge is -2.38. The molecule has 0 amide bonds. The Balaban J connectivity index is 2.79. The van der Waals surface area contributed by atoms with Crippen LogP contribution >= 0.6 is 0 Å². The molecule has 110 valence electrons. The molecule has 0 saturated heterocycles. The fourth-order valence-electron chi connectivity index (χ4n) is 3.24. The largest absolute Gasteiger partial charge is 0.390 e. The molecule has 0 aromatic carbocycles. The molecule has 0 radical (unpaired) electrons. The lowest BCUT2D eigenvalue weighted by molar-refractivity contribution is -0.107. The number of aliphatic hydroxyl groups is 2. The van der Waals surface area contributed by atoms with Crippen LogP contribution in [0, 0.1) is 23.7 Å². The van der Waals surface area contributed by atoms with Gasteiger partial charge in [0, 0.05) is 0 Å². The molecule has 1 rings (SSSR count). The minimum Gasteiger partial charge on any atom is -0.390 e. The molecular formula is C17H30O2. The standard InChI is InChI=1S/C17H30O2/c1-7-14-12(4)8-9-15(14)17(6,19)16(18)10-13(5)11(2)3/h7,11-12,14-16,18-19H,1,5,8-10H2,2-4,6H3/t12-,14-,15-,16-,17+/m1/s1. The van der Waals surface area contributed by atoms with Crippen molar-refractivity contribution in [1.82, 2.24) is 0 Å². The van der Waals surface area contributed by atoms with E-state index in [-0.39, 0.29) is 11.8 Å². The lowest BCUT2D eigenvalue weighted by Crippen LogP contribution is -2.48. The lowest BCUT2D eigenvalue weighted by atomic mass is 9.74. The van der Waals surface area contributed by atoms with Crippen LogP contribution in [0.25, 0.3) is 0 Å². The van der Waals surface area contributed by atoms with E-state index >= 15 is 0 Å². The molecule has 0 aromatic rings. The van der Waals surface area contributed by atoms with E-state index in [0.29, 0.717) is 18.3 Å². The summed E-state index contributed by atoms with van der Waals surface area (Å²) in [6.45, 7) is 16.0. The van der Waals surface area contributed by atoms with Crippen LogP contribution in [0.2, 0.25) is 0 Å². The van der Waals surface area contributed by atoms with Gasteiger partial charge in [-0.15, -0.1) is 6.58 Å². The summed E-state index contributed by atoms with van der Waals surface area (Å²) in [6, 6.07) is 0. The smallest absolute Gasteiger partial charge is 0.0914 e. The summed E-state index contributed by atoms with van der Waals surface area (Å²) in [6.07, 6.45) is 3.71. The van der Waals surface area contributed by atoms with Crippen LogP contribution in [0.5, 0.6) is 0 Å². The molecule has 5 atom stereocenters. The number of hydrogen-bond acceptors (Lipinski definition) is 2. The van der Waals surface area contributed by atoms with Gasteiger partial charge >= 0.3 is 0 Å². The molecular weight excluding hydrogens is 236 g/mol. The first kappa shape index (κ1) is 16.5. The molecule has 2 nitrogen and oxygen atoms in total. The monoisotopic (exact) mass is 266 g/mol. The van der Waals surface area contributed by atoms with Gasteiger partial charge in [-0.3, -0.25) is 0 Å². The molecule has 0 aliphatic heterocycles. The zero-order chi connectivity index (χ0) is 14.8. The molecule has 0 unspecified atom stereocenters. The van der Waals surface area contributed by atoms with Crippen molar-refractivity contribution in [1.29, 1.82) is 0 Å². The highest BCUT2D eigenvalue weighted by Gasteiger charge is 2.46. The first-order chi connectivity index (χ1) is 8.71. The predicted octanol–water partition coefficient (Wildman–Crippen LogP) is 3.55. The molecule has 2 heteroatoms. The highest BCUT2D eigenvalue weighted by Crippen LogP contribution is 2.45. The molecule has 19 heavy (non-hydrogen) atoms. The van der Waals surface area contributed by atoms with Crippen LogP contribution in [0.15, 0.2) is 24.8 Å². The van der Waals surface area contributed by atoms with Crippen LogP contribution in [0.4, 0.5) is 0 Å². The van der Waals surface area contributed by atoms with Gasteiger partial charge in [-0.1, -0.05) is 39.0 Å². The minimum atomic E-state index is -1.07. The van der Waals surface area contributed by atoms with E-state index in [1.807, 2.05) is 6.08 Å². The summed E-state index contributed by atoms with van der Waals surface area (Å²) in [5.41, 5.74) is -0.0736. The number of hydrogen-bond donors (Lipinski definition) is 2. The van der Waals surface area contributed by atoms with Crippen molar-refractivity contribution >= 4 is 0 Å². The highest BCUT2D eigenvalue weighted by molar-refractivity contribution is 5.07. The average Bonchev–Trinajstić information content (AvgIpc) is 2.70. The predicted molar refractivity (Wildman–Crippen MR) is 80.8 cm³/mol. The Morgan fingerprint density at radius 1 is 1.42 bits per heavy atom. The van der Waals surface area contributed by atoms with Crippen molar-refractivity contribution < 1.29 is 10.2 Å². The van der Waals surface area contributed by atoms with Gasteiger partial charge in [-0.2, -0.15) is 0 Å². The van der Waals surface area contributed by atoms with Gasteiger partial charge in [-0.05, 0) is 49.9 Å². The van der Waals surface area contributed by atoms with Crippen LogP contribution in [-0.4, -0.2) is 21.9 Å².